The largest absolute Gasteiger partial charge is 0.458 e. The molecule has 0 fully saturated rings. The van der Waals surface area contributed by atoms with Crippen LogP contribution in [0.5, 0.6) is 11.5 Å². The second kappa shape index (κ2) is 3.37. The van der Waals surface area contributed by atoms with Crippen molar-refractivity contribution in [2.45, 2.75) is 26.7 Å². The molecule has 0 radical (unpaired) electrons. The van der Waals surface area contributed by atoms with E-state index in [4.69, 9.17) is 9.47 Å². The number of ether oxygens (including phenoxy) is 2. The molecule has 0 amide bonds. The summed E-state index contributed by atoms with van der Waals surface area (Å²) in [6.07, 6.45) is 3.15. The summed E-state index contributed by atoms with van der Waals surface area (Å²) in [5.74, 6) is 2.15. The molecule has 0 aliphatic carbocycles. The molecule has 1 heterocycles. The van der Waals surface area contributed by atoms with Gasteiger partial charge in [0.2, 0.25) is 0 Å². The van der Waals surface area contributed by atoms with Crippen LogP contribution >= 0.6 is 0 Å². The van der Waals surface area contributed by atoms with Crippen molar-refractivity contribution >= 4 is 0 Å². The first-order chi connectivity index (χ1) is 6.70. The van der Waals surface area contributed by atoms with Crippen LogP contribution in [0.25, 0.3) is 0 Å². The predicted octanol–water partition coefficient (Wildman–Crippen LogP) is 3.36. The van der Waals surface area contributed by atoms with E-state index in [9.17, 15) is 0 Å². The van der Waals surface area contributed by atoms with E-state index in [1.165, 1.54) is 5.56 Å². The van der Waals surface area contributed by atoms with Gasteiger partial charge in [0, 0.05) is 5.56 Å². The average molecular weight is 190 g/mol. The summed E-state index contributed by atoms with van der Waals surface area (Å²) in [7, 11) is 0. The summed E-state index contributed by atoms with van der Waals surface area (Å²) < 4.78 is 10.9. The van der Waals surface area contributed by atoms with E-state index < -0.39 is 0 Å². The standard InChI is InChI=1S/C12H14O2/c1-8(2)10-5-4-9(3)11-12(10)14-7-6-13-11/h4-8H,1-3H3. The molecule has 1 aliphatic rings. The fourth-order valence-corrected chi connectivity index (χ4v) is 1.59. The van der Waals surface area contributed by atoms with Gasteiger partial charge in [-0.3, -0.25) is 0 Å². The number of rotatable bonds is 1. The Bertz CT molecular complexity index is 378. The minimum Gasteiger partial charge on any atom is -0.458 e. The summed E-state index contributed by atoms with van der Waals surface area (Å²) in [6.45, 7) is 6.31. The molecule has 0 N–H and O–H groups in total. The molecule has 1 aromatic rings. The lowest BCUT2D eigenvalue weighted by atomic mass is 9.99. The van der Waals surface area contributed by atoms with Crippen LogP contribution in [0.4, 0.5) is 0 Å². The maximum atomic E-state index is 5.49. The normalized spacial score (nSPS) is 13.4. The lowest BCUT2D eigenvalue weighted by Gasteiger charge is -2.19. The lowest BCUT2D eigenvalue weighted by Crippen LogP contribution is -2.02. The van der Waals surface area contributed by atoms with Crippen LogP contribution in [0.15, 0.2) is 24.7 Å². The Labute approximate surface area is 84.2 Å². The maximum Gasteiger partial charge on any atom is 0.172 e. The van der Waals surface area contributed by atoms with E-state index in [1.807, 2.05) is 6.92 Å². The van der Waals surface area contributed by atoms with Crippen LogP contribution < -0.4 is 9.47 Å². The minimum atomic E-state index is 0.444. The highest BCUT2D eigenvalue weighted by Gasteiger charge is 2.17. The number of hydrogen-bond acceptors (Lipinski definition) is 2. The van der Waals surface area contributed by atoms with Crippen molar-refractivity contribution in [3.8, 4) is 11.5 Å². The van der Waals surface area contributed by atoms with Gasteiger partial charge in [0.15, 0.2) is 11.5 Å². The molecule has 0 bridgehead atoms. The predicted molar refractivity (Wildman–Crippen MR) is 55.7 cm³/mol. The van der Waals surface area contributed by atoms with Crippen LogP contribution in [-0.2, 0) is 0 Å². The van der Waals surface area contributed by atoms with Crippen molar-refractivity contribution in [2.75, 3.05) is 0 Å². The second-order valence-electron chi connectivity index (χ2n) is 3.79. The van der Waals surface area contributed by atoms with Crippen LogP contribution in [-0.4, -0.2) is 0 Å². The zero-order chi connectivity index (χ0) is 10.1. The highest BCUT2D eigenvalue weighted by molar-refractivity contribution is 5.54. The Hall–Kier alpha value is -1.44. The Morgan fingerprint density at radius 1 is 1.00 bits per heavy atom. The Morgan fingerprint density at radius 2 is 1.64 bits per heavy atom. The van der Waals surface area contributed by atoms with Crippen molar-refractivity contribution in [1.82, 2.24) is 0 Å². The molecular weight excluding hydrogens is 176 g/mol. The Balaban J connectivity index is 2.57. The maximum absolute atomic E-state index is 5.49. The van der Waals surface area contributed by atoms with E-state index in [0.29, 0.717) is 5.92 Å². The second-order valence-corrected chi connectivity index (χ2v) is 3.79. The van der Waals surface area contributed by atoms with Gasteiger partial charge < -0.3 is 9.47 Å². The zero-order valence-corrected chi connectivity index (χ0v) is 8.70. The first-order valence-corrected chi connectivity index (χ1v) is 4.82. The average Bonchev–Trinajstić information content (AvgIpc) is 2.18. The minimum absolute atomic E-state index is 0.444. The van der Waals surface area contributed by atoms with E-state index in [0.717, 1.165) is 17.1 Å². The molecular formula is C12H14O2. The summed E-state index contributed by atoms with van der Waals surface area (Å²) in [5, 5.41) is 0. The third-order valence-corrected chi connectivity index (χ3v) is 2.39. The smallest absolute Gasteiger partial charge is 0.172 e. The van der Waals surface area contributed by atoms with Crippen molar-refractivity contribution in [3.05, 3.63) is 35.8 Å². The van der Waals surface area contributed by atoms with Crippen molar-refractivity contribution in [1.29, 1.82) is 0 Å². The molecule has 0 atom stereocenters. The van der Waals surface area contributed by atoms with Crippen molar-refractivity contribution in [2.24, 2.45) is 0 Å². The molecule has 2 heteroatoms. The number of benzene rings is 1. The first-order valence-electron chi connectivity index (χ1n) is 4.82. The Kier molecular flexibility index (Phi) is 2.20. The fraction of sp³-hybridized carbons (Fsp3) is 0.333. The van der Waals surface area contributed by atoms with Crippen LogP contribution in [0.3, 0.4) is 0 Å². The molecule has 2 nitrogen and oxygen atoms in total. The van der Waals surface area contributed by atoms with Crippen LogP contribution in [0.2, 0.25) is 0 Å². The third kappa shape index (κ3) is 1.37. The fourth-order valence-electron chi connectivity index (χ4n) is 1.59. The summed E-state index contributed by atoms with van der Waals surface area (Å²) in [5.41, 5.74) is 2.30. The molecule has 0 unspecified atom stereocenters. The molecule has 2 rings (SSSR count). The molecule has 0 spiro atoms. The van der Waals surface area contributed by atoms with E-state index in [-0.39, 0.29) is 0 Å². The highest BCUT2D eigenvalue weighted by atomic mass is 16.5. The van der Waals surface area contributed by atoms with Gasteiger partial charge in [-0.25, -0.2) is 0 Å². The lowest BCUT2D eigenvalue weighted by molar-refractivity contribution is 0.355. The SMILES string of the molecule is Cc1ccc(C(C)C)c2c1OC=CO2. The third-order valence-electron chi connectivity index (χ3n) is 2.39. The van der Waals surface area contributed by atoms with Gasteiger partial charge in [-0.05, 0) is 18.4 Å². The van der Waals surface area contributed by atoms with Gasteiger partial charge >= 0.3 is 0 Å². The van der Waals surface area contributed by atoms with Gasteiger partial charge in [0.1, 0.15) is 12.5 Å². The van der Waals surface area contributed by atoms with Crippen molar-refractivity contribution < 1.29 is 9.47 Å². The molecule has 0 aromatic heterocycles. The summed E-state index contributed by atoms with van der Waals surface area (Å²) >= 11 is 0. The molecule has 14 heavy (non-hydrogen) atoms. The monoisotopic (exact) mass is 190 g/mol. The van der Waals surface area contributed by atoms with Gasteiger partial charge in [-0.15, -0.1) is 0 Å². The first kappa shape index (κ1) is 9.13. The molecule has 0 saturated heterocycles. The number of hydrogen-bond donors (Lipinski definition) is 0. The van der Waals surface area contributed by atoms with E-state index in [1.54, 1.807) is 12.5 Å². The summed E-state index contributed by atoms with van der Waals surface area (Å²) in [6, 6.07) is 4.16. The quantitative estimate of drug-likeness (QED) is 0.676. The number of aryl methyl sites for hydroxylation is 1. The van der Waals surface area contributed by atoms with Gasteiger partial charge in [-0.1, -0.05) is 26.0 Å². The van der Waals surface area contributed by atoms with Crippen LogP contribution in [0.1, 0.15) is 30.9 Å². The molecule has 0 saturated carbocycles. The number of fused-ring (bicyclic) bond motifs is 1. The highest BCUT2D eigenvalue weighted by Crippen LogP contribution is 2.40. The van der Waals surface area contributed by atoms with Gasteiger partial charge in [0.25, 0.3) is 0 Å². The molecule has 1 aliphatic heterocycles. The Morgan fingerprint density at radius 3 is 2.29 bits per heavy atom. The zero-order valence-electron chi connectivity index (χ0n) is 8.70. The van der Waals surface area contributed by atoms with E-state index >= 15 is 0 Å². The van der Waals surface area contributed by atoms with Gasteiger partial charge in [-0.2, -0.15) is 0 Å². The summed E-state index contributed by atoms with van der Waals surface area (Å²) in [4.78, 5) is 0. The topological polar surface area (TPSA) is 18.5 Å². The van der Waals surface area contributed by atoms with Crippen molar-refractivity contribution in [3.63, 3.8) is 0 Å². The molecule has 1 aromatic carbocycles. The van der Waals surface area contributed by atoms with Gasteiger partial charge in [0.05, 0.1) is 0 Å². The molecule has 74 valence electrons. The van der Waals surface area contributed by atoms with Crippen LogP contribution in [0, 0.1) is 6.92 Å². The van der Waals surface area contributed by atoms with E-state index in [2.05, 4.69) is 26.0 Å².